The van der Waals surface area contributed by atoms with Crippen molar-refractivity contribution in [3.8, 4) is 0 Å². The molecule has 5 nitrogen and oxygen atoms in total. The predicted octanol–water partition coefficient (Wildman–Crippen LogP) is 2.61. The van der Waals surface area contributed by atoms with Crippen LogP contribution in [0.1, 0.15) is 22.3 Å². The molecule has 0 unspecified atom stereocenters. The van der Waals surface area contributed by atoms with Crippen molar-refractivity contribution < 1.29 is 4.79 Å². The van der Waals surface area contributed by atoms with Crippen molar-refractivity contribution in [2.45, 2.75) is 26.8 Å². The van der Waals surface area contributed by atoms with Gasteiger partial charge >= 0.3 is 0 Å². The maximum absolute atomic E-state index is 12.4. The lowest BCUT2D eigenvalue weighted by atomic mass is 10.00. The highest BCUT2D eigenvalue weighted by Crippen LogP contribution is 2.18. The first-order chi connectivity index (χ1) is 12.0. The van der Waals surface area contributed by atoms with E-state index in [1.165, 1.54) is 11.1 Å². The Balaban J connectivity index is 1.58. The number of aliphatic imine (C=N–C) groups is 1. The maximum Gasteiger partial charge on any atom is 0.244 e. The van der Waals surface area contributed by atoms with Gasteiger partial charge in [-0.2, -0.15) is 0 Å². The van der Waals surface area contributed by atoms with Crippen molar-refractivity contribution in [2.24, 2.45) is 10.7 Å². The van der Waals surface area contributed by atoms with Crippen molar-refractivity contribution in [2.75, 3.05) is 18.4 Å². The lowest BCUT2D eigenvalue weighted by Gasteiger charge is -2.28. The lowest BCUT2D eigenvalue weighted by molar-refractivity contribution is -0.130. The van der Waals surface area contributed by atoms with Gasteiger partial charge in [0, 0.05) is 18.8 Å². The van der Waals surface area contributed by atoms with Crippen LogP contribution in [0.3, 0.4) is 0 Å². The van der Waals surface area contributed by atoms with E-state index in [9.17, 15) is 4.79 Å². The Kier molecular flexibility index (Phi) is 5.03. The van der Waals surface area contributed by atoms with E-state index in [0.29, 0.717) is 6.54 Å². The van der Waals surface area contributed by atoms with Gasteiger partial charge in [-0.15, -0.1) is 0 Å². The molecule has 0 radical (unpaired) electrons. The van der Waals surface area contributed by atoms with Gasteiger partial charge in [-0.25, -0.2) is 4.99 Å². The van der Waals surface area contributed by atoms with Crippen LogP contribution < -0.4 is 11.1 Å². The van der Waals surface area contributed by atoms with E-state index >= 15 is 0 Å². The van der Waals surface area contributed by atoms with Gasteiger partial charge in [0.05, 0.1) is 0 Å². The molecule has 0 aliphatic carbocycles. The molecule has 0 bridgehead atoms. The first-order valence-electron chi connectivity index (χ1n) is 8.51. The van der Waals surface area contributed by atoms with Crippen LogP contribution in [0.2, 0.25) is 0 Å². The van der Waals surface area contributed by atoms with E-state index in [0.717, 1.165) is 29.8 Å². The number of hydrogen-bond donors (Lipinski definition) is 2. The Labute approximate surface area is 148 Å². The third-order valence-corrected chi connectivity index (χ3v) is 4.36. The third kappa shape index (κ3) is 4.38. The largest absolute Gasteiger partial charge is 0.370 e. The second-order valence-corrected chi connectivity index (χ2v) is 6.54. The van der Waals surface area contributed by atoms with E-state index in [2.05, 4.69) is 28.5 Å². The monoisotopic (exact) mass is 336 g/mol. The molecule has 130 valence electrons. The Morgan fingerprint density at radius 3 is 2.56 bits per heavy atom. The summed E-state index contributed by atoms with van der Waals surface area (Å²) in [6.07, 6.45) is 0.891. The fourth-order valence-corrected chi connectivity index (χ4v) is 3.20. The number of carbonyl (C=O) groups is 1. The molecule has 3 N–H and O–H groups in total. The van der Waals surface area contributed by atoms with Gasteiger partial charge < -0.3 is 16.0 Å². The van der Waals surface area contributed by atoms with E-state index < -0.39 is 0 Å². The first-order valence-corrected chi connectivity index (χ1v) is 8.51. The second kappa shape index (κ2) is 7.38. The topological polar surface area (TPSA) is 70.7 Å². The summed E-state index contributed by atoms with van der Waals surface area (Å²) >= 11 is 0. The Hall–Kier alpha value is -2.82. The summed E-state index contributed by atoms with van der Waals surface area (Å²) in [6, 6.07) is 14.3. The van der Waals surface area contributed by atoms with Crippen molar-refractivity contribution in [3.63, 3.8) is 0 Å². The Morgan fingerprint density at radius 1 is 1.16 bits per heavy atom. The molecule has 2 aromatic carbocycles. The number of hydrogen-bond acceptors (Lipinski definition) is 2. The highest BCUT2D eigenvalue weighted by atomic mass is 16.2. The molecule has 2 aromatic rings. The summed E-state index contributed by atoms with van der Waals surface area (Å²) in [5.41, 5.74) is 11.7. The standard InChI is InChI=1S/C20H24N4O/c1-14-9-15(2)11-18(10-14)23-20(21)22-12-19(25)24-8-7-16-5-3-4-6-17(16)13-24/h3-6,9-11H,7-8,12-13H2,1-2H3,(H3,21,22,23). The van der Waals surface area contributed by atoms with Gasteiger partial charge in [0.25, 0.3) is 0 Å². The van der Waals surface area contributed by atoms with E-state index in [1.807, 2.05) is 43.0 Å². The van der Waals surface area contributed by atoms with E-state index in [4.69, 9.17) is 5.73 Å². The van der Waals surface area contributed by atoms with Gasteiger partial charge in [0.15, 0.2) is 5.96 Å². The van der Waals surface area contributed by atoms with Crippen LogP contribution in [-0.2, 0) is 17.8 Å². The number of benzene rings is 2. The highest BCUT2D eigenvalue weighted by molar-refractivity contribution is 5.94. The number of aryl methyl sites for hydroxylation is 2. The molecular weight excluding hydrogens is 312 g/mol. The van der Waals surface area contributed by atoms with Gasteiger partial charge in [0.1, 0.15) is 6.54 Å². The minimum absolute atomic E-state index is 0.000300. The number of nitrogens with two attached hydrogens (primary N) is 1. The molecule has 0 spiro atoms. The molecule has 0 saturated carbocycles. The van der Waals surface area contributed by atoms with Gasteiger partial charge in [0.2, 0.25) is 5.91 Å². The number of anilines is 1. The van der Waals surface area contributed by atoms with Crippen LogP contribution in [0.15, 0.2) is 47.5 Å². The number of amides is 1. The molecular formula is C20H24N4O. The van der Waals surface area contributed by atoms with Crippen LogP contribution in [0, 0.1) is 13.8 Å². The van der Waals surface area contributed by atoms with Gasteiger partial charge in [-0.3, -0.25) is 4.79 Å². The van der Waals surface area contributed by atoms with Crippen LogP contribution in [0.4, 0.5) is 5.69 Å². The minimum Gasteiger partial charge on any atom is -0.370 e. The van der Waals surface area contributed by atoms with Crippen LogP contribution in [0.25, 0.3) is 0 Å². The summed E-state index contributed by atoms with van der Waals surface area (Å²) in [5, 5.41) is 3.05. The molecule has 3 rings (SSSR count). The Morgan fingerprint density at radius 2 is 1.84 bits per heavy atom. The fraction of sp³-hybridized carbons (Fsp3) is 0.300. The molecule has 0 fully saturated rings. The van der Waals surface area contributed by atoms with Gasteiger partial charge in [-0.05, 0) is 54.7 Å². The molecule has 25 heavy (non-hydrogen) atoms. The molecule has 0 aromatic heterocycles. The SMILES string of the molecule is Cc1cc(C)cc(NC(N)=NCC(=O)N2CCc3ccccc3C2)c1. The number of guanidine groups is 1. The highest BCUT2D eigenvalue weighted by Gasteiger charge is 2.19. The minimum atomic E-state index is -0.000300. The predicted molar refractivity (Wildman–Crippen MR) is 102 cm³/mol. The fourth-order valence-electron chi connectivity index (χ4n) is 3.20. The molecule has 0 atom stereocenters. The number of carbonyl (C=O) groups excluding carboxylic acids is 1. The van der Waals surface area contributed by atoms with Crippen molar-refractivity contribution in [1.29, 1.82) is 0 Å². The summed E-state index contributed by atoms with van der Waals surface area (Å²) in [7, 11) is 0. The molecule has 0 saturated heterocycles. The number of rotatable bonds is 3. The maximum atomic E-state index is 12.4. The average Bonchev–Trinajstić information content (AvgIpc) is 2.58. The van der Waals surface area contributed by atoms with E-state index in [1.54, 1.807) is 0 Å². The quantitative estimate of drug-likeness (QED) is 0.668. The van der Waals surface area contributed by atoms with Gasteiger partial charge in [-0.1, -0.05) is 30.3 Å². The smallest absolute Gasteiger partial charge is 0.244 e. The third-order valence-electron chi connectivity index (χ3n) is 4.36. The van der Waals surface area contributed by atoms with Crippen molar-refractivity contribution in [1.82, 2.24) is 4.90 Å². The zero-order valence-corrected chi connectivity index (χ0v) is 14.7. The summed E-state index contributed by atoms with van der Waals surface area (Å²) in [5.74, 6) is 0.260. The van der Waals surface area contributed by atoms with E-state index in [-0.39, 0.29) is 18.4 Å². The second-order valence-electron chi connectivity index (χ2n) is 6.54. The van der Waals surface area contributed by atoms with Crippen molar-refractivity contribution in [3.05, 3.63) is 64.7 Å². The Bertz CT molecular complexity index is 793. The summed E-state index contributed by atoms with van der Waals surface area (Å²) < 4.78 is 0. The van der Waals surface area contributed by atoms with Crippen LogP contribution in [-0.4, -0.2) is 29.9 Å². The summed E-state index contributed by atoms with van der Waals surface area (Å²) in [6.45, 7) is 5.50. The lowest BCUT2D eigenvalue weighted by Crippen LogP contribution is -2.38. The number of nitrogens with one attached hydrogen (secondary N) is 1. The molecule has 1 heterocycles. The molecule has 1 aliphatic rings. The summed E-state index contributed by atoms with van der Waals surface area (Å²) in [4.78, 5) is 18.5. The van der Waals surface area contributed by atoms with Crippen LogP contribution >= 0.6 is 0 Å². The molecule has 1 aliphatic heterocycles. The number of fused-ring (bicyclic) bond motifs is 1. The molecule has 5 heteroatoms. The van der Waals surface area contributed by atoms with Crippen LogP contribution in [0.5, 0.6) is 0 Å². The zero-order valence-electron chi connectivity index (χ0n) is 14.7. The normalized spacial score (nSPS) is 14.2. The number of nitrogens with zero attached hydrogens (tertiary/aromatic N) is 2. The molecule has 1 amide bonds. The zero-order chi connectivity index (χ0) is 17.8. The van der Waals surface area contributed by atoms with Crippen molar-refractivity contribution >= 4 is 17.6 Å². The first kappa shape index (κ1) is 17.0. The average molecular weight is 336 g/mol.